The number of nitrogens with zero attached hydrogens (tertiary/aromatic N) is 1. The molecule has 3 amide bonds. The molecule has 7 heteroatoms. The summed E-state index contributed by atoms with van der Waals surface area (Å²) in [6.07, 6.45) is 0.464. The molecule has 0 unspecified atom stereocenters. The summed E-state index contributed by atoms with van der Waals surface area (Å²) in [5, 5.41) is 12.5. The Hall–Kier alpha value is -3.35. The Morgan fingerprint density at radius 3 is 2.32 bits per heavy atom. The monoisotopic (exact) mass is 382 g/mol. The van der Waals surface area contributed by atoms with E-state index in [4.69, 9.17) is 4.74 Å². The number of ether oxygens (including phenoxy) is 1. The molecule has 2 aromatic rings. The maximum absolute atomic E-state index is 13.0. The van der Waals surface area contributed by atoms with Crippen LogP contribution in [0.1, 0.15) is 36.4 Å². The second kappa shape index (κ2) is 8.12. The summed E-state index contributed by atoms with van der Waals surface area (Å²) >= 11 is 0. The molecule has 0 radical (unpaired) electrons. The van der Waals surface area contributed by atoms with Gasteiger partial charge in [0.2, 0.25) is 0 Å². The van der Waals surface area contributed by atoms with Crippen molar-refractivity contribution >= 4 is 17.9 Å². The highest BCUT2D eigenvalue weighted by molar-refractivity contribution is 6.07. The Balaban J connectivity index is 1.93. The molecule has 0 aliphatic carbocycles. The molecule has 1 aliphatic rings. The molecule has 146 valence electrons. The minimum Gasteiger partial charge on any atom is -0.497 e. The van der Waals surface area contributed by atoms with Crippen LogP contribution in [0.15, 0.2) is 54.6 Å². The Morgan fingerprint density at radius 2 is 1.79 bits per heavy atom. The lowest BCUT2D eigenvalue weighted by molar-refractivity contribution is -0.147. The van der Waals surface area contributed by atoms with E-state index < -0.39 is 35.9 Å². The molecule has 2 N–H and O–H groups in total. The first-order valence-corrected chi connectivity index (χ1v) is 9.03. The molecule has 0 saturated carbocycles. The van der Waals surface area contributed by atoms with E-state index in [1.54, 1.807) is 24.3 Å². The number of hydrogen-bond donors (Lipinski definition) is 2. The quantitative estimate of drug-likeness (QED) is 0.718. The maximum atomic E-state index is 13.0. The van der Waals surface area contributed by atoms with Crippen LogP contribution in [0.25, 0.3) is 0 Å². The number of nitrogens with one attached hydrogen (secondary N) is 1. The molecule has 0 bridgehead atoms. The van der Waals surface area contributed by atoms with Gasteiger partial charge in [-0.15, -0.1) is 0 Å². The second-order valence-corrected chi connectivity index (χ2v) is 6.57. The highest BCUT2D eigenvalue weighted by Gasteiger charge is 2.48. The van der Waals surface area contributed by atoms with E-state index >= 15 is 0 Å². The van der Waals surface area contributed by atoms with Crippen molar-refractivity contribution in [3.05, 3.63) is 65.7 Å². The first kappa shape index (κ1) is 19.4. The topological polar surface area (TPSA) is 95.9 Å². The number of rotatable bonds is 7. The fourth-order valence-corrected chi connectivity index (χ4v) is 3.58. The summed E-state index contributed by atoms with van der Waals surface area (Å²) in [5.74, 6) is -1.68. The normalized spacial score (nSPS) is 18.5. The molecule has 28 heavy (non-hydrogen) atoms. The van der Waals surface area contributed by atoms with E-state index in [1.165, 1.54) is 7.11 Å². The van der Waals surface area contributed by atoms with Gasteiger partial charge < -0.3 is 15.2 Å². The highest BCUT2D eigenvalue weighted by atomic mass is 16.5. The Labute approximate surface area is 162 Å². The molecule has 1 saturated heterocycles. The predicted molar refractivity (Wildman–Crippen MR) is 102 cm³/mol. The number of imide groups is 1. The predicted octanol–water partition coefficient (Wildman–Crippen LogP) is 2.94. The van der Waals surface area contributed by atoms with Crippen molar-refractivity contribution in [3.8, 4) is 5.75 Å². The van der Waals surface area contributed by atoms with Gasteiger partial charge in [-0.2, -0.15) is 0 Å². The molecule has 3 rings (SSSR count). The number of carbonyl (C=O) groups is 3. The van der Waals surface area contributed by atoms with Crippen LogP contribution in [-0.2, 0) is 9.59 Å². The standard InChI is InChI=1S/C21H22N2O5/c1-3-16(13-7-5-4-6-8-13)18(20(25)26)23-19(24)17(22-21(23)27)14-9-11-15(28-2)12-10-14/h4-12,16-18H,3H2,1-2H3,(H,22,27)(H,25,26)/t16-,17+,18-/m0/s1. The van der Waals surface area contributed by atoms with Crippen molar-refractivity contribution in [3.63, 3.8) is 0 Å². The van der Waals surface area contributed by atoms with Crippen LogP contribution >= 0.6 is 0 Å². The van der Waals surface area contributed by atoms with Crippen LogP contribution in [0.5, 0.6) is 5.75 Å². The van der Waals surface area contributed by atoms with Gasteiger partial charge in [0.1, 0.15) is 17.8 Å². The lowest BCUT2D eigenvalue weighted by Crippen LogP contribution is -2.48. The first-order valence-electron chi connectivity index (χ1n) is 9.03. The summed E-state index contributed by atoms with van der Waals surface area (Å²) in [5.41, 5.74) is 1.34. The van der Waals surface area contributed by atoms with Crippen LogP contribution < -0.4 is 10.1 Å². The van der Waals surface area contributed by atoms with Gasteiger partial charge in [0.25, 0.3) is 5.91 Å². The van der Waals surface area contributed by atoms with Gasteiger partial charge in [-0.3, -0.25) is 4.79 Å². The molecule has 1 heterocycles. The number of carboxylic acids is 1. The van der Waals surface area contributed by atoms with E-state index in [-0.39, 0.29) is 0 Å². The van der Waals surface area contributed by atoms with E-state index in [0.29, 0.717) is 17.7 Å². The molecule has 1 fully saturated rings. The fourth-order valence-electron chi connectivity index (χ4n) is 3.58. The van der Waals surface area contributed by atoms with Crippen molar-refractivity contribution in [1.29, 1.82) is 0 Å². The zero-order valence-corrected chi connectivity index (χ0v) is 15.7. The van der Waals surface area contributed by atoms with Gasteiger partial charge in [0.15, 0.2) is 0 Å². The molecule has 2 aromatic carbocycles. The largest absolute Gasteiger partial charge is 0.497 e. The van der Waals surface area contributed by atoms with Gasteiger partial charge in [0.05, 0.1) is 7.11 Å². The first-order chi connectivity index (χ1) is 13.5. The number of carbonyl (C=O) groups excluding carboxylic acids is 2. The fraction of sp³-hybridized carbons (Fsp3) is 0.286. The van der Waals surface area contributed by atoms with Crippen molar-refractivity contribution in [2.75, 3.05) is 7.11 Å². The zero-order chi connectivity index (χ0) is 20.3. The number of carboxylic acid groups (broad SMARTS) is 1. The average molecular weight is 382 g/mol. The third kappa shape index (κ3) is 3.55. The summed E-state index contributed by atoms with van der Waals surface area (Å²) in [6.45, 7) is 1.84. The number of amides is 3. The summed E-state index contributed by atoms with van der Waals surface area (Å²) in [4.78, 5) is 38.5. The Kier molecular flexibility index (Phi) is 5.63. The second-order valence-electron chi connectivity index (χ2n) is 6.57. The lowest BCUT2D eigenvalue weighted by Gasteiger charge is -2.29. The van der Waals surface area contributed by atoms with E-state index in [0.717, 1.165) is 10.5 Å². The molecule has 7 nitrogen and oxygen atoms in total. The summed E-state index contributed by atoms with van der Waals surface area (Å²) in [7, 11) is 1.53. The number of aliphatic carboxylic acids is 1. The van der Waals surface area contributed by atoms with E-state index in [9.17, 15) is 19.5 Å². The van der Waals surface area contributed by atoms with Crippen LogP contribution in [-0.4, -0.2) is 41.1 Å². The van der Waals surface area contributed by atoms with Gasteiger partial charge >= 0.3 is 12.0 Å². The SMILES string of the molecule is CC[C@@H](c1ccccc1)[C@@H](C(=O)O)N1C(=O)N[C@H](c2ccc(OC)cc2)C1=O. The van der Waals surface area contributed by atoms with E-state index in [1.807, 2.05) is 37.3 Å². The lowest BCUT2D eigenvalue weighted by atomic mass is 9.88. The summed E-state index contributed by atoms with van der Waals surface area (Å²) in [6, 6.07) is 12.9. The van der Waals surface area contributed by atoms with Crippen LogP contribution in [0.4, 0.5) is 4.79 Å². The highest BCUT2D eigenvalue weighted by Crippen LogP contribution is 2.32. The number of hydrogen-bond acceptors (Lipinski definition) is 4. The zero-order valence-electron chi connectivity index (χ0n) is 15.7. The Morgan fingerprint density at radius 1 is 1.14 bits per heavy atom. The maximum Gasteiger partial charge on any atom is 0.327 e. The van der Waals surface area contributed by atoms with Crippen LogP contribution in [0.3, 0.4) is 0 Å². The third-order valence-electron chi connectivity index (χ3n) is 5.00. The smallest absolute Gasteiger partial charge is 0.327 e. The third-order valence-corrected chi connectivity index (χ3v) is 5.00. The Bertz CT molecular complexity index is 866. The average Bonchev–Trinajstić information content (AvgIpc) is 3.00. The minimum atomic E-state index is -1.29. The molecular formula is C21H22N2O5. The van der Waals surface area contributed by atoms with E-state index in [2.05, 4.69) is 5.32 Å². The summed E-state index contributed by atoms with van der Waals surface area (Å²) < 4.78 is 5.11. The molecular weight excluding hydrogens is 360 g/mol. The van der Waals surface area contributed by atoms with Gasteiger partial charge in [-0.05, 0) is 29.7 Å². The minimum absolute atomic E-state index is 0.464. The van der Waals surface area contributed by atoms with Gasteiger partial charge in [0, 0.05) is 5.92 Å². The van der Waals surface area contributed by atoms with Crippen molar-refractivity contribution < 1.29 is 24.2 Å². The van der Waals surface area contributed by atoms with Crippen LogP contribution in [0.2, 0.25) is 0 Å². The molecule has 0 aromatic heterocycles. The number of methoxy groups -OCH3 is 1. The molecule has 0 spiro atoms. The number of benzene rings is 2. The van der Waals surface area contributed by atoms with Crippen molar-refractivity contribution in [1.82, 2.24) is 10.2 Å². The molecule has 1 aliphatic heterocycles. The van der Waals surface area contributed by atoms with Crippen molar-refractivity contribution in [2.45, 2.75) is 31.3 Å². The van der Waals surface area contributed by atoms with Gasteiger partial charge in [-0.1, -0.05) is 49.4 Å². The molecule has 3 atom stereocenters. The number of urea groups is 1. The van der Waals surface area contributed by atoms with Crippen molar-refractivity contribution in [2.24, 2.45) is 0 Å². The van der Waals surface area contributed by atoms with Gasteiger partial charge in [-0.25, -0.2) is 14.5 Å². The van der Waals surface area contributed by atoms with Crippen LogP contribution in [0, 0.1) is 0 Å².